The molecule has 1 aliphatic rings. The van der Waals surface area contributed by atoms with Crippen molar-refractivity contribution < 1.29 is 4.79 Å². The molecule has 0 aliphatic heterocycles. The minimum Gasteiger partial charge on any atom is -0.382 e. The maximum absolute atomic E-state index is 12.0. The number of nitrogens with one attached hydrogen (secondary N) is 2. The molecular formula is C11H18N4OS. The molecule has 5 nitrogen and oxygen atoms in total. The molecule has 1 aromatic heterocycles. The van der Waals surface area contributed by atoms with E-state index in [0.717, 1.165) is 12.8 Å². The third kappa shape index (κ3) is 2.88. The summed E-state index contributed by atoms with van der Waals surface area (Å²) in [6, 6.07) is 0.302. The maximum Gasteiger partial charge on any atom is 0.265 e. The highest BCUT2D eigenvalue weighted by Gasteiger charge is 2.20. The number of thiazole rings is 1. The third-order valence-electron chi connectivity index (χ3n) is 3.01. The van der Waals surface area contributed by atoms with Gasteiger partial charge < -0.3 is 16.4 Å². The molecule has 0 aromatic carbocycles. The summed E-state index contributed by atoms with van der Waals surface area (Å²) in [4.78, 5) is 16.6. The molecule has 94 valence electrons. The quantitative estimate of drug-likeness (QED) is 0.768. The SMILES string of the molecule is CNc1nc(N)c(C(=O)NC2CCCCC2)s1. The van der Waals surface area contributed by atoms with E-state index in [2.05, 4.69) is 15.6 Å². The Bertz CT molecular complexity index is 398. The maximum atomic E-state index is 12.0. The fraction of sp³-hybridized carbons (Fsp3) is 0.636. The van der Waals surface area contributed by atoms with Gasteiger partial charge in [-0.05, 0) is 12.8 Å². The normalized spacial score (nSPS) is 16.8. The molecule has 1 amide bonds. The van der Waals surface area contributed by atoms with Crippen LogP contribution in [0.25, 0.3) is 0 Å². The minimum absolute atomic E-state index is 0.0894. The Morgan fingerprint density at radius 1 is 1.41 bits per heavy atom. The largest absolute Gasteiger partial charge is 0.382 e. The number of hydrogen-bond acceptors (Lipinski definition) is 5. The van der Waals surface area contributed by atoms with Crippen molar-refractivity contribution >= 4 is 28.2 Å². The Morgan fingerprint density at radius 2 is 2.12 bits per heavy atom. The van der Waals surface area contributed by atoms with Gasteiger partial charge in [0.05, 0.1) is 0 Å². The first-order valence-electron chi connectivity index (χ1n) is 5.95. The number of carbonyl (C=O) groups is 1. The Morgan fingerprint density at radius 3 is 2.71 bits per heavy atom. The predicted molar refractivity (Wildman–Crippen MR) is 70.4 cm³/mol. The number of nitrogen functional groups attached to an aromatic ring is 1. The van der Waals surface area contributed by atoms with Gasteiger partial charge in [0.25, 0.3) is 5.91 Å². The van der Waals surface area contributed by atoms with E-state index >= 15 is 0 Å². The molecule has 1 saturated carbocycles. The van der Waals surface area contributed by atoms with Gasteiger partial charge in [0.1, 0.15) is 10.7 Å². The van der Waals surface area contributed by atoms with Gasteiger partial charge in [0.2, 0.25) is 0 Å². The van der Waals surface area contributed by atoms with Crippen LogP contribution < -0.4 is 16.4 Å². The number of nitrogens with zero attached hydrogens (tertiary/aromatic N) is 1. The number of hydrogen-bond donors (Lipinski definition) is 3. The number of amides is 1. The number of aromatic nitrogens is 1. The fourth-order valence-electron chi connectivity index (χ4n) is 2.10. The van der Waals surface area contributed by atoms with Gasteiger partial charge in [0, 0.05) is 13.1 Å². The van der Waals surface area contributed by atoms with E-state index < -0.39 is 0 Å². The second kappa shape index (κ2) is 5.35. The first-order chi connectivity index (χ1) is 8.20. The summed E-state index contributed by atoms with van der Waals surface area (Å²) in [5.74, 6) is 0.223. The predicted octanol–water partition coefficient (Wildman–Crippen LogP) is 1.83. The lowest BCUT2D eigenvalue weighted by molar-refractivity contribution is 0.0932. The van der Waals surface area contributed by atoms with Crippen LogP contribution in [0.3, 0.4) is 0 Å². The first-order valence-corrected chi connectivity index (χ1v) is 6.77. The van der Waals surface area contributed by atoms with Crippen LogP contribution in [0, 0.1) is 0 Å². The van der Waals surface area contributed by atoms with Gasteiger partial charge in [-0.1, -0.05) is 30.6 Å². The van der Waals surface area contributed by atoms with Crippen molar-refractivity contribution in [3.05, 3.63) is 4.88 Å². The van der Waals surface area contributed by atoms with E-state index in [0.29, 0.717) is 21.9 Å². The monoisotopic (exact) mass is 254 g/mol. The van der Waals surface area contributed by atoms with Crippen LogP contribution >= 0.6 is 11.3 Å². The molecule has 1 heterocycles. The van der Waals surface area contributed by atoms with Crippen molar-refractivity contribution in [2.75, 3.05) is 18.1 Å². The van der Waals surface area contributed by atoms with Gasteiger partial charge >= 0.3 is 0 Å². The van der Waals surface area contributed by atoms with Crippen molar-refractivity contribution in [2.45, 2.75) is 38.1 Å². The third-order valence-corrected chi connectivity index (χ3v) is 4.10. The molecule has 0 unspecified atom stereocenters. The van der Waals surface area contributed by atoms with Crippen molar-refractivity contribution in [2.24, 2.45) is 0 Å². The number of rotatable bonds is 3. The molecule has 0 radical (unpaired) electrons. The minimum atomic E-state index is -0.0894. The smallest absolute Gasteiger partial charge is 0.265 e. The first kappa shape index (κ1) is 12.2. The molecule has 2 rings (SSSR count). The Kier molecular flexibility index (Phi) is 3.83. The zero-order valence-electron chi connectivity index (χ0n) is 9.95. The molecule has 0 atom stereocenters. The van der Waals surface area contributed by atoms with Crippen molar-refractivity contribution in [1.29, 1.82) is 0 Å². The van der Waals surface area contributed by atoms with Crippen LogP contribution in [0.5, 0.6) is 0 Å². The van der Waals surface area contributed by atoms with Gasteiger partial charge in [0.15, 0.2) is 5.13 Å². The zero-order chi connectivity index (χ0) is 12.3. The molecule has 1 aliphatic carbocycles. The summed E-state index contributed by atoms with van der Waals surface area (Å²) in [7, 11) is 1.76. The van der Waals surface area contributed by atoms with Gasteiger partial charge in [-0.2, -0.15) is 0 Å². The van der Waals surface area contributed by atoms with Crippen LogP contribution in [-0.4, -0.2) is 24.0 Å². The molecule has 0 bridgehead atoms. The van der Waals surface area contributed by atoms with Gasteiger partial charge in [-0.3, -0.25) is 4.79 Å². The van der Waals surface area contributed by atoms with Crippen LogP contribution in [0.1, 0.15) is 41.8 Å². The lowest BCUT2D eigenvalue weighted by Crippen LogP contribution is -2.36. The zero-order valence-corrected chi connectivity index (χ0v) is 10.8. The summed E-state index contributed by atoms with van der Waals surface area (Å²) >= 11 is 1.30. The highest BCUT2D eigenvalue weighted by Crippen LogP contribution is 2.25. The summed E-state index contributed by atoms with van der Waals surface area (Å²) in [5.41, 5.74) is 5.72. The van der Waals surface area contributed by atoms with Crippen LogP contribution in [-0.2, 0) is 0 Å². The van der Waals surface area contributed by atoms with E-state index in [1.165, 1.54) is 30.6 Å². The molecule has 6 heteroatoms. The van der Waals surface area contributed by atoms with Gasteiger partial charge in [-0.25, -0.2) is 4.98 Å². The Balaban J connectivity index is 2.00. The molecule has 1 aromatic rings. The number of anilines is 2. The molecule has 0 saturated heterocycles. The standard InChI is InChI=1S/C11H18N4OS/c1-13-11-15-9(12)8(17-11)10(16)14-7-5-3-2-4-6-7/h7H,2-6,12H2,1H3,(H,13,15)(H,14,16). The summed E-state index contributed by atoms with van der Waals surface area (Å²) < 4.78 is 0. The molecule has 4 N–H and O–H groups in total. The second-order valence-electron chi connectivity index (χ2n) is 4.29. The van der Waals surface area contributed by atoms with E-state index in [4.69, 9.17) is 5.73 Å². The van der Waals surface area contributed by atoms with E-state index in [9.17, 15) is 4.79 Å². The van der Waals surface area contributed by atoms with Crippen LogP contribution in [0.4, 0.5) is 10.9 Å². The average Bonchev–Trinajstić information content (AvgIpc) is 2.72. The molecular weight excluding hydrogens is 236 g/mol. The molecule has 17 heavy (non-hydrogen) atoms. The van der Waals surface area contributed by atoms with Crippen LogP contribution in [0.2, 0.25) is 0 Å². The van der Waals surface area contributed by atoms with E-state index in [1.807, 2.05) is 0 Å². The van der Waals surface area contributed by atoms with E-state index in [-0.39, 0.29) is 5.91 Å². The highest BCUT2D eigenvalue weighted by atomic mass is 32.1. The highest BCUT2D eigenvalue weighted by molar-refractivity contribution is 7.18. The summed E-state index contributed by atoms with van der Waals surface area (Å²) in [6.07, 6.45) is 5.82. The summed E-state index contributed by atoms with van der Waals surface area (Å²) in [5, 5.41) is 6.61. The number of nitrogens with two attached hydrogens (primary N) is 1. The Hall–Kier alpha value is -1.30. The number of carbonyl (C=O) groups excluding carboxylic acids is 1. The summed E-state index contributed by atoms with van der Waals surface area (Å²) in [6.45, 7) is 0. The van der Waals surface area contributed by atoms with Gasteiger partial charge in [-0.15, -0.1) is 0 Å². The lowest BCUT2D eigenvalue weighted by Gasteiger charge is -2.22. The second-order valence-corrected chi connectivity index (χ2v) is 5.29. The van der Waals surface area contributed by atoms with Crippen molar-refractivity contribution in [1.82, 2.24) is 10.3 Å². The van der Waals surface area contributed by atoms with E-state index in [1.54, 1.807) is 7.05 Å². The lowest BCUT2D eigenvalue weighted by atomic mass is 9.95. The average molecular weight is 254 g/mol. The van der Waals surface area contributed by atoms with Crippen molar-refractivity contribution in [3.8, 4) is 0 Å². The fourth-order valence-corrected chi connectivity index (χ4v) is 2.84. The Labute approximate surface area is 105 Å². The van der Waals surface area contributed by atoms with Crippen molar-refractivity contribution in [3.63, 3.8) is 0 Å². The molecule has 0 spiro atoms. The van der Waals surface area contributed by atoms with Crippen LogP contribution in [0.15, 0.2) is 0 Å². The molecule has 1 fully saturated rings. The topological polar surface area (TPSA) is 80.0 Å².